The predicted octanol–water partition coefficient (Wildman–Crippen LogP) is 7.41. The highest BCUT2D eigenvalue weighted by Crippen LogP contribution is 2.44. The molecule has 0 aliphatic carbocycles. The molecule has 0 bridgehead atoms. The number of hydrazine groups is 1. The molecule has 0 aromatic heterocycles. The Kier molecular flexibility index (Phi) is 40.6. The zero-order valence-electron chi connectivity index (χ0n) is 54.6. The van der Waals surface area contributed by atoms with E-state index in [1.54, 1.807) is 0 Å². The smallest absolute Gasteiger partial charge is 0.0914 e. The number of hydrogen-bond donors (Lipinski definition) is 6. The summed E-state index contributed by atoms with van der Waals surface area (Å²) in [6.07, 6.45) is 35.2. The van der Waals surface area contributed by atoms with Crippen LogP contribution in [0.5, 0.6) is 0 Å². The molecule has 4 fully saturated rings. The Hall–Kier alpha value is -0.370. The van der Waals surface area contributed by atoms with E-state index >= 15 is 0 Å². The number of nitrogens with two attached hydrogens (primary N) is 2. The molecule has 0 aromatic carbocycles. The summed E-state index contributed by atoms with van der Waals surface area (Å²) in [5.41, 5.74) is 12.2. The van der Waals surface area contributed by atoms with E-state index in [9.17, 15) is 4.57 Å². The highest BCUT2D eigenvalue weighted by Gasteiger charge is 2.28. The van der Waals surface area contributed by atoms with Crippen molar-refractivity contribution in [2.45, 2.75) is 193 Å². The first-order chi connectivity index (χ1) is 39.2. The van der Waals surface area contributed by atoms with Gasteiger partial charge in [0, 0.05) is 183 Å². The van der Waals surface area contributed by atoms with Crippen LogP contribution >= 0.6 is 7.14 Å². The fourth-order valence-electron chi connectivity index (χ4n) is 12.8. The van der Waals surface area contributed by atoms with Gasteiger partial charge in [0.25, 0.3) is 0 Å². The van der Waals surface area contributed by atoms with Gasteiger partial charge in [-0.3, -0.25) is 9.80 Å². The van der Waals surface area contributed by atoms with E-state index < -0.39 is 7.14 Å². The third-order valence-corrected chi connectivity index (χ3v) is 21.9. The van der Waals surface area contributed by atoms with Crippen LogP contribution in [0, 0.1) is 0 Å². The van der Waals surface area contributed by atoms with Gasteiger partial charge in [-0.2, -0.15) is 0 Å². The quantitative estimate of drug-likeness (QED) is 0.0266. The lowest BCUT2D eigenvalue weighted by Crippen LogP contribution is -2.58. The van der Waals surface area contributed by atoms with Crippen molar-refractivity contribution >= 4 is 7.14 Å². The number of hydrogen-bond acceptors (Lipinski definition) is 16. The Morgan fingerprint density at radius 1 is 0.321 bits per heavy atom. The molecule has 0 spiro atoms. The second-order valence-corrected chi connectivity index (χ2v) is 30.5. The fourth-order valence-corrected chi connectivity index (χ4v) is 15.2. The minimum absolute atomic E-state index is 0.187. The van der Waals surface area contributed by atoms with Crippen LogP contribution in [0.25, 0.3) is 0 Å². The predicted molar refractivity (Wildman–Crippen MR) is 352 cm³/mol. The Labute approximate surface area is 502 Å². The van der Waals surface area contributed by atoms with Gasteiger partial charge in [-0.1, -0.05) is 116 Å². The Morgan fingerprint density at radius 2 is 0.568 bits per heavy atom. The SMILES string of the molecule is CN(C)N1CCN(CCCCCCCCCCNCCNCCP(=O)(CCNCCNCCCCCCCCCCN2CCN(C(C)(C)N)CC2)CCN2CCN(CCCCCCCCCCN3CCN(C(C)(C)N)CC3)CC2)CC1. The average Bonchev–Trinajstić information content (AvgIpc) is 3.46. The average molecular weight is 1160 g/mol. The number of nitrogens with one attached hydrogen (secondary N) is 4. The van der Waals surface area contributed by atoms with Crippen molar-refractivity contribution in [2.75, 3.05) is 222 Å². The summed E-state index contributed by atoms with van der Waals surface area (Å²) in [6.45, 7) is 40.8. The molecule has 4 aliphatic rings. The maximum Gasteiger partial charge on any atom is 0.0914 e. The van der Waals surface area contributed by atoms with Crippen LogP contribution in [0.4, 0.5) is 0 Å². The number of rotatable bonds is 51. The summed E-state index contributed by atoms with van der Waals surface area (Å²) in [5, 5.41) is 19.4. The van der Waals surface area contributed by atoms with Gasteiger partial charge in [-0.15, -0.1) is 0 Å². The maximum atomic E-state index is 14.6. The van der Waals surface area contributed by atoms with Crippen LogP contribution in [0.2, 0.25) is 0 Å². The molecule has 0 radical (unpaired) electrons. The summed E-state index contributed by atoms with van der Waals surface area (Å²) in [6, 6.07) is 0. The van der Waals surface area contributed by atoms with E-state index in [4.69, 9.17) is 11.5 Å². The molecule has 1 unspecified atom stereocenters. The molecule has 480 valence electrons. The molecule has 4 heterocycles. The molecule has 8 N–H and O–H groups in total. The Balaban J connectivity index is 0.980. The van der Waals surface area contributed by atoms with Crippen LogP contribution in [0.15, 0.2) is 0 Å². The Morgan fingerprint density at radius 3 is 0.864 bits per heavy atom. The molecule has 4 rings (SSSR count). The number of unbranched alkanes of at least 4 members (excludes halogenated alkanes) is 21. The standard InChI is InChI=1S/C64H138N15OP/c1-63(2,65)77-53-47-73(48-54-77)40-28-22-15-9-7-13-19-25-31-67-33-35-69-37-60-81(80,61-38-70-36-34-68-32-26-20-14-8-10-16-24-30-42-75-51-57-79(58-52-75)71(5)6)62-59-76-45-43-72(44-46-76)39-27-21-17-11-12-18-23-29-41-74-49-55-78(56-50-74)64(3,4)66/h67-70H,7-62,65-66H2,1-6H3. The molecule has 0 saturated carbocycles. The molecular weight excluding hydrogens is 1030 g/mol. The van der Waals surface area contributed by atoms with Crippen molar-refractivity contribution < 1.29 is 4.57 Å². The van der Waals surface area contributed by atoms with Crippen LogP contribution < -0.4 is 32.7 Å². The van der Waals surface area contributed by atoms with Crippen molar-refractivity contribution in [3.63, 3.8) is 0 Å². The summed E-state index contributed by atoms with van der Waals surface area (Å²) in [7, 11) is 2.03. The molecule has 4 aliphatic heterocycles. The first-order valence-corrected chi connectivity index (χ1v) is 37.0. The topological polar surface area (TPSA) is 146 Å². The van der Waals surface area contributed by atoms with Crippen LogP contribution in [0.3, 0.4) is 0 Å². The molecule has 1 atom stereocenters. The number of piperazine rings is 4. The minimum Gasteiger partial charge on any atom is -0.323 e. The van der Waals surface area contributed by atoms with Crippen LogP contribution in [-0.2, 0) is 4.57 Å². The highest BCUT2D eigenvalue weighted by atomic mass is 31.2. The van der Waals surface area contributed by atoms with Gasteiger partial charge < -0.3 is 61.8 Å². The van der Waals surface area contributed by atoms with E-state index in [2.05, 4.69) is 107 Å². The minimum atomic E-state index is -2.29. The fraction of sp³-hybridized carbons (Fsp3) is 1.00. The normalized spacial score (nSPS) is 19.6. The first kappa shape index (κ1) is 73.1. The van der Waals surface area contributed by atoms with Crippen molar-refractivity contribution in [3.8, 4) is 0 Å². The van der Waals surface area contributed by atoms with Crippen molar-refractivity contribution in [1.29, 1.82) is 0 Å². The van der Waals surface area contributed by atoms with Gasteiger partial charge in [0.15, 0.2) is 0 Å². The molecule has 17 heteroatoms. The molecule has 0 amide bonds. The van der Waals surface area contributed by atoms with Gasteiger partial charge in [0.2, 0.25) is 0 Å². The molecule has 4 saturated heterocycles. The highest BCUT2D eigenvalue weighted by molar-refractivity contribution is 7.64. The van der Waals surface area contributed by atoms with Gasteiger partial charge in [-0.25, -0.2) is 10.0 Å². The summed E-state index contributed by atoms with van der Waals surface area (Å²) in [5.74, 6) is 0. The van der Waals surface area contributed by atoms with Crippen molar-refractivity contribution in [3.05, 3.63) is 0 Å². The van der Waals surface area contributed by atoms with Gasteiger partial charge in [0.05, 0.1) is 18.5 Å². The lowest BCUT2D eigenvalue weighted by atomic mass is 10.1. The van der Waals surface area contributed by atoms with Crippen LogP contribution in [-0.4, -0.2) is 278 Å². The zero-order chi connectivity index (χ0) is 58.1. The largest absolute Gasteiger partial charge is 0.323 e. The monoisotopic (exact) mass is 1160 g/mol. The van der Waals surface area contributed by atoms with Crippen molar-refractivity contribution in [1.82, 2.24) is 65.6 Å². The molecule has 0 aromatic rings. The molecule has 81 heavy (non-hydrogen) atoms. The summed E-state index contributed by atoms with van der Waals surface area (Å²) >= 11 is 0. The molecule has 16 nitrogen and oxygen atoms in total. The van der Waals surface area contributed by atoms with Gasteiger partial charge in [-0.05, 0) is 105 Å². The second kappa shape index (κ2) is 45.0. The van der Waals surface area contributed by atoms with E-state index in [1.165, 1.54) is 220 Å². The third-order valence-electron chi connectivity index (χ3n) is 18.8. The second-order valence-electron chi connectivity index (χ2n) is 27.0. The van der Waals surface area contributed by atoms with Crippen molar-refractivity contribution in [2.24, 2.45) is 11.5 Å². The Bertz CT molecular complexity index is 1490. The molecular formula is C64H138N15OP. The summed E-state index contributed by atoms with van der Waals surface area (Å²) < 4.78 is 14.6. The van der Waals surface area contributed by atoms with E-state index in [0.29, 0.717) is 0 Å². The first-order valence-electron chi connectivity index (χ1n) is 34.7. The van der Waals surface area contributed by atoms with Gasteiger partial charge in [0.1, 0.15) is 0 Å². The van der Waals surface area contributed by atoms with E-state index in [-0.39, 0.29) is 11.3 Å². The van der Waals surface area contributed by atoms with E-state index in [0.717, 1.165) is 143 Å². The zero-order valence-corrected chi connectivity index (χ0v) is 55.5. The lowest BCUT2D eigenvalue weighted by Gasteiger charge is -2.42. The number of nitrogens with zero attached hydrogens (tertiary/aromatic N) is 9. The van der Waals surface area contributed by atoms with E-state index in [1.807, 2.05) is 0 Å². The maximum absolute atomic E-state index is 14.6. The van der Waals surface area contributed by atoms with Gasteiger partial charge >= 0.3 is 0 Å². The lowest BCUT2D eigenvalue weighted by molar-refractivity contribution is -0.0189. The third kappa shape index (κ3) is 36.5. The van der Waals surface area contributed by atoms with Crippen LogP contribution in [0.1, 0.15) is 182 Å². The summed E-state index contributed by atoms with van der Waals surface area (Å²) in [4.78, 5) is 18.1.